The summed E-state index contributed by atoms with van der Waals surface area (Å²) in [4.78, 5) is 0. The summed E-state index contributed by atoms with van der Waals surface area (Å²) >= 11 is 3.44. The van der Waals surface area contributed by atoms with Crippen LogP contribution in [0.4, 0.5) is 0 Å². The molecule has 0 amide bonds. The highest BCUT2D eigenvalue weighted by Crippen LogP contribution is 2.30. The van der Waals surface area contributed by atoms with Crippen LogP contribution in [0, 0.1) is 0 Å². The Balaban J connectivity index is 0.000000720. The number of nitrogens with two attached hydrogens (primary N) is 1. The van der Waals surface area contributed by atoms with Crippen LogP contribution in [-0.4, -0.2) is 0 Å². The number of aryl methyl sites for hydroxylation is 1. The van der Waals surface area contributed by atoms with Gasteiger partial charge < -0.3 is 5.73 Å². The largest absolute Gasteiger partial charge is 0.324 e. The van der Waals surface area contributed by atoms with Crippen LogP contribution in [0.15, 0.2) is 22.7 Å². The van der Waals surface area contributed by atoms with Crippen molar-refractivity contribution in [1.29, 1.82) is 0 Å². The smallest absolute Gasteiger partial charge is 0.0301 e. The Bertz CT molecular complexity index is 288. The van der Waals surface area contributed by atoms with E-state index in [9.17, 15) is 0 Å². The highest BCUT2D eigenvalue weighted by atomic mass is 79.9. The first-order chi connectivity index (χ1) is 5.27. The predicted octanol–water partition coefficient (Wildman–Crippen LogP) is 2.82. The summed E-state index contributed by atoms with van der Waals surface area (Å²) in [7, 11) is 0. The zero-order chi connectivity index (χ0) is 7.84. The molecule has 0 fully saturated rings. The number of benzene rings is 1. The Kier molecular flexibility index (Phi) is 3.16. The van der Waals surface area contributed by atoms with E-state index in [0.29, 0.717) is 0 Å². The second-order valence-corrected chi connectivity index (χ2v) is 3.90. The van der Waals surface area contributed by atoms with Gasteiger partial charge >= 0.3 is 0 Å². The molecule has 1 atom stereocenters. The molecule has 0 saturated heterocycles. The lowest BCUT2D eigenvalue weighted by Crippen LogP contribution is -2.04. The fourth-order valence-electron chi connectivity index (χ4n) is 1.61. The Morgan fingerprint density at radius 1 is 1.42 bits per heavy atom. The topological polar surface area (TPSA) is 26.0 Å². The Morgan fingerprint density at radius 3 is 2.92 bits per heavy atom. The van der Waals surface area contributed by atoms with Gasteiger partial charge in [0, 0.05) is 10.5 Å². The molecule has 12 heavy (non-hydrogen) atoms. The zero-order valence-electron chi connectivity index (χ0n) is 6.59. The summed E-state index contributed by atoms with van der Waals surface area (Å²) in [6.45, 7) is 0. The minimum Gasteiger partial charge on any atom is -0.324 e. The van der Waals surface area contributed by atoms with E-state index in [4.69, 9.17) is 5.73 Å². The molecule has 3 heteroatoms. The second-order valence-electron chi connectivity index (χ2n) is 2.99. The van der Waals surface area contributed by atoms with Crippen molar-refractivity contribution in [2.24, 2.45) is 5.73 Å². The van der Waals surface area contributed by atoms with E-state index in [1.165, 1.54) is 11.1 Å². The molecular weight excluding hydrogens is 237 g/mol. The Morgan fingerprint density at radius 2 is 2.17 bits per heavy atom. The summed E-state index contributed by atoms with van der Waals surface area (Å²) in [5, 5.41) is 0. The maximum Gasteiger partial charge on any atom is 0.0301 e. The molecule has 0 saturated carbocycles. The van der Waals surface area contributed by atoms with E-state index in [2.05, 4.69) is 34.1 Å². The van der Waals surface area contributed by atoms with Gasteiger partial charge in [-0.25, -0.2) is 0 Å². The van der Waals surface area contributed by atoms with Crippen LogP contribution in [0.3, 0.4) is 0 Å². The van der Waals surface area contributed by atoms with Crippen molar-refractivity contribution in [2.75, 3.05) is 0 Å². The maximum absolute atomic E-state index is 5.89. The van der Waals surface area contributed by atoms with E-state index in [1.807, 2.05) is 0 Å². The van der Waals surface area contributed by atoms with Gasteiger partial charge in [-0.15, -0.1) is 12.4 Å². The first-order valence-corrected chi connectivity index (χ1v) is 4.60. The van der Waals surface area contributed by atoms with Crippen molar-refractivity contribution >= 4 is 28.3 Å². The first kappa shape index (κ1) is 10.0. The minimum absolute atomic E-state index is 0. The molecule has 0 unspecified atom stereocenters. The fourth-order valence-corrected chi connectivity index (χ4v) is 1.98. The van der Waals surface area contributed by atoms with E-state index >= 15 is 0 Å². The first-order valence-electron chi connectivity index (χ1n) is 3.81. The van der Waals surface area contributed by atoms with E-state index in [-0.39, 0.29) is 18.4 Å². The number of hydrogen-bond donors (Lipinski definition) is 1. The Hall–Kier alpha value is -0.0500. The molecule has 1 aromatic rings. The van der Waals surface area contributed by atoms with Crippen molar-refractivity contribution in [3.05, 3.63) is 33.8 Å². The highest BCUT2D eigenvalue weighted by Gasteiger charge is 2.18. The molecule has 1 aliphatic carbocycles. The average molecular weight is 249 g/mol. The van der Waals surface area contributed by atoms with Gasteiger partial charge in [-0.3, -0.25) is 0 Å². The number of fused-ring (bicyclic) bond motifs is 1. The quantitative estimate of drug-likeness (QED) is 0.751. The third-order valence-electron chi connectivity index (χ3n) is 2.23. The van der Waals surface area contributed by atoms with Crippen LogP contribution >= 0.6 is 28.3 Å². The van der Waals surface area contributed by atoms with Crippen LogP contribution in [0.5, 0.6) is 0 Å². The van der Waals surface area contributed by atoms with Gasteiger partial charge in [-0.2, -0.15) is 0 Å². The van der Waals surface area contributed by atoms with Crippen LogP contribution in [0.2, 0.25) is 0 Å². The van der Waals surface area contributed by atoms with E-state index < -0.39 is 0 Å². The molecule has 0 radical (unpaired) electrons. The monoisotopic (exact) mass is 247 g/mol. The lowest BCUT2D eigenvalue weighted by Gasteiger charge is -2.03. The highest BCUT2D eigenvalue weighted by molar-refractivity contribution is 9.10. The van der Waals surface area contributed by atoms with Gasteiger partial charge in [0.2, 0.25) is 0 Å². The van der Waals surface area contributed by atoms with Crippen molar-refractivity contribution < 1.29 is 0 Å². The zero-order valence-corrected chi connectivity index (χ0v) is 8.99. The third-order valence-corrected chi connectivity index (χ3v) is 2.73. The predicted molar refractivity (Wildman–Crippen MR) is 56.6 cm³/mol. The molecule has 1 nitrogen and oxygen atoms in total. The van der Waals surface area contributed by atoms with E-state index in [0.717, 1.165) is 17.3 Å². The van der Waals surface area contributed by atoms with Crippen molar-refractivity contribution in [3.8, 4) is 0 Å². The third kappa shape index (κ3) is 1.65. The molecule has 0 aromatic heterocycles. The molecule has 1 aromatic carbocycles. The summed E-state index contributed by atoms with van der Waals surface area (Å²) in [6.07, 6.45) is 2.25. The van der Waals surface area contributed by atoms with Gasteiger partial charge in [0.05, 0.1) is 0 Å². The maximum atomic E-state index is 5.89. The van der Waals surface area contributed by atoms with Gasteiger partial charge in [0.25, 0.3) is 0 Å². The van der Waals surface area contributed by atoms with Crippen molar-refractivity contribution in [2.45, 2.75) is 18.9 Å². The standard InChI is InChI=1S/C9H10BrN.ClH/c10-7-3-1-6-2-4-9(11)8(6)5-7;/h1,3,5,9H,2,4,11H2;1H/t9-;/m0./s1. The summed E-state index contributed by atoms with van der Waals surface area (Å²) < 4.78 is 1.13. The van der Waals surface area contributed by atoms with E-state index in [1.54, 1.807) is 0 Å². The molecule has 1 aliphatic rings. The molecule has 0 bridgehead atoms. The van der Waals surface area contributed by atoms with Crippen LogP contribution in [0.1, 0.15) is 23.6 Å². The van der Waals surface area contributed by atoms with Crippen molar-refractivity contribution in [3.63, 3.8) is 0 Å². The summed E-state index contributed by atoms with van der Waals surface area (Å²) in [5.74, 6) is 0. The van der Waals surface area contributed by atoms with Gasteiger partial charge in [-0.05, 0) is 36.1 Å². The van der Waals surface area contributed by atoms with Crippen LogP contribution in [-0.2, 0) is 6.42 Å². The van der Waals surface area contributed by atoms with Crippen LogP contribution < -0.4 is 5.73 Å². The number of rotatable bonds is 0. The number of halogens is 2. The lowest BCUT2D eigenvalue weighted by atomic mass is 10.1. The van der Waals surface area contributed by atoms with Gasteiger partial charge in [0.1, 0.15) is 0 Å². The normalized spacial score (nSPS) is 20.0. The second kappa shape index (κ2) is 3.77. The summed E-state index contributed by atoms with van der Waals surface area (Å²) in [5.41, 5.74) is 8.63. The molecule has 2 rings (SSSR count). The number of hydrogen-bond acceptors (Lipinski definition) is 1. The van der Waals surface area contributed by atoms with Crippen LogP contribution in [0.25, 0.3) is 0 Å². The van der Waals surface area contributed by atoms with Gasteiger partial charge in [0.15, 0.2) is 0 Å². The summed E-state index contributed by atoms with van der Waals surface area (Å²) in [6, 6.07) is 6.64. The van der Waals surface area contributed by atoms with Gasteiger partial charge in [-0.1, -0.05) is 22.0 Å². The average Bonchev–Trinajstić information content (AvgIpc) is 2.33. The molecule has 66 valence electrons. The molecule has 0 spiro atoms. The Labute approximate surface area is 86.9 Å². The molecular formula is C9H11BrClN. The molecule has 2 N–H and O–H groups in total. The molecule has 0 heterocycles. The van der Waals surface area contributed by atoms with Crippen molar-refractivity contribution in [1.82, 2.24) is 0 Å². The SMILES string of the molecule is Cl.N[C@H]1CCc2ccc(Br)cc21. The minimum atomic E-state index is 0. The fraction of sp³-hybridized carbons (Fsp3) is 0.333. The lowest BCUT2D eigenvalue weighted by molar-refractivity contribution is 0.713. The molecule has 0 aliphatic heterocycles.